The van der Waals surface area contributed by atoms with E-state index in [2.05, 4.69) is 24.2 Å². The van der Waals surface area contributed by atoms with Gasteiger partial charge in [-0.25, -0.2) is 0 Å². The Bertz CT molecular complexity index is 97.1. The molecule has 0 aromatic carbocycles. The molecule has 9 heavy (non-hydrogen) atoms. The summed E-state index contributed by atoms with van der Waals surface area (Å²) < 4.78 is 0. The largest absolute Gasteiger partial charge is 0.377 e. The van der Waals surface area contributed by atoms with Crippen LogP contribution >= 0.6 is 0 Å². The van der Waals surface area contributed by atoms with Crippen LogP contribution in [-0.4, -0.2) is 19.9 Å². The summed E-state index contributed by atoms with van der Waals surface area (Å²) in [5.74, 6) is 1.66. The summed E-state index contributed by atoms with van der Waals surface area (Å²) in [6, 6.07) is 0. The Morgan fingerprint density at radius 3 is 2.33 bits per heavy atom. The molecule has 0 aliphatic carbocycles. The normalized spacial score (nSPS) is 15.3. The van der Waals surface area contributed by atoms with Crippen molar-refractivity contribution in [2.45, 2.75) is 20.3 Å². The van der Waals surface area contributed by atoms with Crippen molar-refractivity contribution in [3.63, 3.8) is 0 Å². The summed E-state index contributed by atoms with van der Waals surface area (Å²) in [4.78, 5) is 4.08. The van der Waals surface area contributed by atoms with Gasteiger partial charge in [0.15, 0.2) is 0 Å². The second-order valence-electron chi connectivity index (χ2n) is 2.17. The van der Waals surface area contributed by atoms with Crippen LogP contribution in [0, 0.1) is 5.92 Å². The fourth-order valence-electron chi connectivity index (χ4n) is 0.772. The SMILES string of the molecule is CC[C@@H](C)/C(=N/C)NC. The van der Waals surface area contributed by atoms with Crippen LogP contribution in [-0.2, 0) is 0 Å². The van der Waals surface area contributed by atoms with Crippen molar-refractivity contribution in [2.75, 3.05) is 14.1 Å². The Morgan fingerprint density at radius 2 is 2.22 bits per heavy atom. The molecule has 0 fully saturated rings. The maximum Gasteiger partial charge on any atom is 0.0985 e. The van der Waals surface area contributed by atoms with Crippen LogP contribution in [0.5, 0.6) is 0 Å². The molecule has 0 aliphatic rings. The highest BCUT2D eigenvalue weighted by molar-refractivity contribution is 5.83. The van der Waals surface area contributed by atoms with Gasteiger partial charge < -0.3 is 5.32 Å². The van der Waals surface area contributed by atoms with Gasteiger partial charge in [-0.05, 0) is 6.42 Å². The molecule has 0 aromatic heterocycles. The zero-order chi connectivity index (χ0) is 7.28. The lowest BCUT2D eigenvalue weighted by Crippen LogP contribution is -2.25. The highest BCUT2D eigenvalue weighted by Crippen LogP contribution is 2.00. The smallest absolute Gasteiger partial charge is 0.0985 e. The minimum absolute atomic E-state index is 0.569. The molecule has 0 radical (unpaired) electrons. The molecule has 0 aliphatic heterocycles. The Balaban J connectivity index is 3.80. The van der Waals surface area contributed by atoms with Gasteiger partial charge in [0.2, 0.25) is 0 Å². The zero-order valence-corrected chi connectivity index (χ0v) is 6.73. The van der Waals surface area contributed by atoms with Crippen LogP contribution in [0.3, 0.4) is 0 Å². The summed E-state index contributed by atoms with van der Waals surface area (Å²) in [6.07, 6.45) is 1.15. The van der Waals surface area contributed by atoms with Gasteiger partial charge in [0.25, 0.3) is 0 Å². The number of hydrogen-bond acceptors (Lipinski definition) is 1. The van der Waals surface area contributed by atoms with Crippen molar-refractivity contribution in [3.05, 3.63) is 0 Å². The van der Waals surface area contributed by atoms with E-state index in [0.717, 1.165) is 12.3 Å². The molecule has 2 heteroatoms. The Kier molecular flexibility index (Phi) is 4.10. The molecule has 0 saturated heterocycles. The number of aliphatic imine (C=N–C) groups is 1. The fraction of sp³-hybridized carbons (Fsp3) is 0.857. The van der Waals surface area contributed by atoms with Crippen molar-refractivity contribution in [1.29, 1.82) is 0 Å². The molecule has 1 atom stereocenters. The molecule has 0 bridgehead atoms. The molecule has 0 aromatic rings. The summed E-state index contributed by atoms with van der Waals surface area (Å²) in [6.45, 7) is 4.33. The van der Waals surface area contributed by atoms with E-state index in [1.807, 2.05) is 14.1 Å². The van der Waals surface area contributed by atoms with Crippen molar-refractivity contribution in [2.24, 2.45) is 10.9 Å². The van der Waals surface area contributed by atoms with Crippen molar-refractivity contribution in [1.82, 2.24) is 5.32 Å². The third kappa shape index (κ3) is 2.49. The molecule has 54 valence electrons. The van der Waals surface area contributed by atoms with E-state index in [-0.39, 0.29) is 0 Å². The third-order valence-electron chi connectivity index (χ3n) is 1.58. The quantitative estimate of drug-likeness (QED) is 0.439. The predicted molar refractivity (Wildman–Crippen MR) is 41.9 cm³/mol. The molecule has 0 saturated carbocycles. The zero-order valence-electron chi connectivity index (χ0n) is 6.73. The Labute approximate surface area is 57.4 Å². The van der Waals surface area contributed by atoms with Crippen molar-refractivity contribution < 1.29 is 0 Å². The molecule has 2 nitrogen and oxygen atoms in total. The molecule has 0 spiro atoms. The van der Waals surface area contributed by atoms with Gasteiger partial charge >= 0.3 is 0 Å². The minimum Gasteiger partial charge on any atom is -0.377 e. The highest BCUT2D eigenvalue weighted by Gasteiger charge is 2.02. The number of hydrogen-bond donors (Lipinski definition) is 1. The fourth-order valence-corrected chi connectivity index (χ4v) is 0.772. The minimum atomic E-state index is 0.569. The third-order valence-corrected chi connectivity index (χ3v) is 1.58. The van der Waals surface area contributed by atoms with Crippen molar-refractivity contribution in [3.8, 4) is 0 Å². The topological polar surface area (TPSA) is 24.4 Å². The van der Waals surface area contributed by atoms with E-state index in [1.165, 1.54) is 0 Å². The predicted octanol–water partition coefficient (Wildman–Crippen LogP) is 1.28. The van der Waals surface area contributed by atoms with Crippen LogP contribution < -0.4 is 5.32 Å². The molecule has 1 N–H and O–H groups in total. The van der Waals surface area contributed by atoms with Crippen LogP contribution in [0.4, 0.5) is 0 Å². The molecular formula is C7H16N2. The second-order valence-corrected chi connectivity index (χ2v) is 2.17. The second kappa shape index (κ2) is 4.36. The summed E-state index contributed by atoms with van der Waals surface area (Å²) in [5.41, 5.74) is 0. The molecule has 0 unspecified atom stereocenters. The van der Waals surface area contributed by atoms with Crippen LogP contribution in [0.2, 0.25) is 0 Å². The molecular weight excluding hydrogens is 112 g/mol. The molecule has 0 heterocycles. The van der Waals surface area contributed by atoms with E-state index in [4.69, 9.17) is 0 Å². The maximum atomic E-state index is 4.08. The van der Waals surface area contributed by atoms with Gasteiger partial charge in [-0.2, -0.15) is 0 Å². The van der Waals surface area contributed by atoms with Gasteiger partial charge in [0.05, 0.1) is 5.84 Å². The lowest BCUT2D eigenvalue weighted by atomic mass is 10.1. The monoisotopic (exact) mass is 128 g/mol. The summed E-state index contributed by atoms with van der Waals surface area (Å²) in [5, 5.41) is 3.05. The van der Waals surface area contributed by atoms with Crippen molar-refractivity contribution >= 4 is 5.84 Å². The number of rotatable bonds is 2. The van der Waals surface area contributed by atoms with E-state index in [1.54, 1.807) is 0 Å². The first-order valence-corrected chi connectivity index (χ1v) is 3.40. The first kappa shape index (κ1) is 8.47. The summed E-state index contributed by atoms with van der Waals surface area (Å²) >= 11 is 0. The van der Waals surface area contributed by atoms with Crippen LogP contribution in [0.1, 0.15) is 20.3 Å². The van der Waals surface area contributed by atoms with E-state index in [9.17, 15) is 0 Å². The van der Waals surface area contributed by atoms with Gasteiger partial charge in [-0.1, -0.05) is 13.8 Å². The molecule has 0 amide bonds. The number of nitrogens with one attached hydrogen (secondary N) is 1. The van der Waals surface area contributed by atoms with Crippen LogP contribution in [0.15, 0.2) is 4.99 Å². The number of amidine groups is 1. The van der Waals surface area contributed by atoms with E-state index >= 15 is 0 Å². The first-order valence-electron chi connectivity index (χ1n) is 3.40. The Hall–Kier alpha value is -0.530. The van der Waals surface area contributed by atoms with E-state index in [0.29, 0.717) is 5.92 Å². The van der Waals surface area contributed by atoms with Gasteiger partial charge in [-0.3, -0.25) is 4.99 Å². The highest BCUT2D eigenvalue weighted by atomic mass is 15.0. The lowest BCUT2D eigenvalue weighted by molar-refractivity contribution is 0.713. The lowest BCUT2D eigenvalue weighted by Gasteiger charge is -2.10. The van der Waals surface area contributed by atoms with Crippen LogP contribution in [0.25, 0.3) is 0 Å². The first-order chi connectivity index (χ1) is 4.26. The van der Waals surface area contributed by atoms with Gasteiger partial charge in [-0.15, -0.1) is 0 Å². The Morgan fingerprint density at radius 1 is 1.67 bits per heavy atom. The average molecular weight is 128 g/mol. The molecule has 0 rings (SSSR count). The van der Waals surface area contributed by atoms with E-state index < -0.39 is 0 Å². The number of nitrogens with zero attached hydrogens (tertiary/aromatic N) is 1. The summed E-state index contributed by atoms with van der Waals surface area (Å²) in [7, 11) is 3.73. The standard InChI is InChI=1S/C7H16N2/c1-5-6(2)7(8-3)9-4/h6H,5H2,1-4H3,(H,8,9)/t6-/m1/s1. The maximum absolute atomic E-state index is 4.08. The average Bonchev–Trinajstić information content (AvgIpc) is 1.90. The van der Waals surface area contributed by atoms with Gasteiger partial charge in [0, 0.05) is 20.0 Å². The van der Waals surface area contributed by atoms with Gasteiger partial charge in [0.1, 0.15) is 0 Å².